The highest BCUT2D eigenvalue weighted by molar-refractivity contribution is 5.91. The number of hydrogen-bond donors (Lipinski definition) is 2. The van der Waals surface area contributed by atoms with Crippen molar-refractivity contribution in [3.8, 4) is 0 Å². The smallest absolute Gasteiger partial charge is 0.143 e. The van der Waals surface area contributed by atoms with E-state index in [4.69, 9.17) is 5.11 Å². The van der Waals surface area contributed by atoms with Crippen molar-refractivity contribution in [1.82, 2.24) is 15.0 Å². The minimum atomic E-state index is 0.347. The summed E-state index contributed by atoms with van der Waals surface area (Å²) in [6.45, 7) is 15.3. The normalized spacial score (nSPS) is 13.2. The number of H-pyrrole nitrogens is 1. The predicted molar refractivity (Wildman–Crippen MR) is 112 cm³/mol. The number of unbranched alkanes of at least 4 members (excludes halogenated alkanes) is 1. The lowest BCUT2D eigenvalue weighted by Crippen LogP contribution is -2.23. The molecule has 0 aliphatic rings. The van der Waals surface area contributed by atoms with Crippen molar-refractivity contribution >= 4 is 16.9 Å². The number of anilines is 1. The van der Waals surface area contributed by atoms with E-state index in [2.05, 4.69) is 67.6 Å². The number of aliphatic hydroxyl groups excluding tert-OH is 1. The molecule has 0 fully saturated rings. The number of nitrogens with one attached hydrogen (secondary N) is 1. The van der Waals surface area contributed by atoms with Crippen LogP contribution >= 0.6 is 0 Å². The van der Waals surface area contributed by atoms with E-state index in [1.54, 1.807) is 6.33 Å². The predicted octanol–water partition coefficient (Wildman–Crippen LogP) is 5.12. The van der Waals surface area contributed by atoms with Gasteiger partial charge in [-0.2, -0.15) is 0 Å². The highest BCUT2D eigenvalue weighted by Crippen LogP contribution is 2.32. The number of aliphatic hydroxyl groups is 1. The maximum absolute atomic E-state index is 8.56. The molecule has 5 nitrogen and oxygen atoms in total. The quantitative estimate of drug-likeness (QED) is 0.649. The lowest BCUT2D eigenvalue weighted by Gasteiger charge is -2.21. The van der Waals surface area contributed by atoms with Crippen LogP contribution in [0.15, 0.2) is 12.5 Å². The molecule has 2 aromatic heterocycles. The Morgan fingerprint density at radius 3 is 2.35 bits per heavy atom. The molecule has 2 unspecified atom stereocenters. The third-order valence-corrected chi connectivity index (χ3v) is 5.05. The molecule has 0 aromatic carbocycles. The molecule has 0 spiro atoms. The Labute approximate surface area is 159 Å². The first-order chi connectivity index (χ1) is 12.5. The second-order valence-corrected chi connectivity index (χ2v) is 7.08. The van der Waals surface area contributed by atoms with Crippen molar-refractivity contribution in [3.63, 3.8) is 0 Å². The van der Waals surface area contributed by atoms with Crippen LogP contribution in [0.2, 0.25) is 0 Å². The van der Waals surface area contributed by atoms with E-state index in [9.17, 15) is 0 Å². The summed E-state index contributed by atoms with van der Waals surface area (Å²) < 4.78 is 0. The first-order valence-corrected chi connectivity index (χ1v) is 10.2. The second-order valence-electron chi connectivity index (χ2n) is 7.08. The van der Waals surface area contributed by atoms with Gasteiger partial charge in [0.2, 0.25) is 0 Å². The molecule has 26 heavy (non-hydrogen) atoms. The fraction of sp³-hybridized carbons (Fsp3) is 0.714. The van der Waals surface area contributed by atoms with Crippen LogP contribution in [0.25, 0.3) is 11.0 Å². The van der Waals surface area contributed by atoms with Gasteiger partial charge >= 0.3 is 0 Å². The van der Waals surface area contributed by atoms with Crippen molar-refractivity contribution in [2.75, 3.05) is 24.6 Å². The number of rotatable bonds is 9. The fourth-order valence-electron chi connectivity index (χ4n) is 2.99. The van der Waals surface area contributed by atoms with E-state index in [0.717, 1.165) is 31.0 Å². The van der Waals surface area contributed by atoms with Gasteiger partial charge in [0.05, 0.1) is 5.39 Å². The maximum atomic E-state index is 8.56. The van der Waals surface area contributed by atoms with Crippen molar-refractivity contribution < 1.29 is 5.11 Å². The van der Waals surface area contributed by atoms with Gasteiger partial charge in [-0.1, -0.05) is 40.5 Å². The van der Waals surface area contributed by atoms with Gasteiger partial charge in [0.15, 0.2) is 0 Å². The topological polar surface area (TPSA) is 65.0 Å². The zero-order chi connectivity index (χ0) is 19.5. The van der Waals surface area contributed by atoms with Crippen LogP contribution in [0.4, 0.5) is 5.82 Å². The summed E-state index contributed by atoms with van der Waals surface area (Å²) in [5.74, 6) is 2.09. The largest absolute Gasteiger partial charge is 0.396 e. The van der Waals surface area contributed by atoms with Crippen LogP contribution in [0.1, 0.15) is 78.7 Å². The van der Waals surface area contributed by atoms with Crippen molar-refractivity contribution in [2.45, 2.75) is 73.1 Å². The highest BCUT2D eigenvalue weighted by atomic mass is 16.3. The molecule has 0 aliphatic carbocycles. The van der Waals surface area contributed by atoms with Gasteiger partial charge in [-0.15, -0.1) is 0 Å². The fourth-order valence-corrected chi connectivity index (χ4v) is 2.99. The summed E-state index contributed by atoms with van der Waals surface area (Å²) in [7, 11) is 0. The molecule has 2 aromatic rings. The third kappa shape index (κ3) is 5.97. The lowest BCUT2D eigenvalue weighted by molar-refractivity contribution is 0.228. The monoisotopic (exact) mass is 362 g/mol. The molecule has 2 rings (SSSR count). The van der Waals surface area contributed by atoms with Gasteiger partial charge < -0.3 is 15.0 Å². The third-order valence-electron chi connectivity index (χ3n) is 5.05. The highest BCUT2D eigenvalue weighted by Gasteiger charge is 2.17. The molecule has 0 radical (unpaired) electrons. The van der Waals surface area contributed by atoms with Crippen LogP contribution < -0.4 is 4.90 Å². The molecule has 2 atom stereocenters. The van der Waals surface area contributed by atoms with Crippen LogP contribution in [0, 0.1) is 5.92 Å². The Balaban J connectivity index is 0.000000359. The van der Waals surface area contributed by atoms with Gasteiger partial charge in [0.1, 0.15) is 17.8 Å². The second kappa shape index (κ2) is 11.9. The lowest BCUT2D eigenvalue weighted by atomic mass is 9.99. The van der Waals surface area contributed by atoms with Gasteiger partial charge in [-0.25, -0.2) is 9.97 Å². The summed E-state index contributed by atoms with van der Waals surface area (Å²) in [4.78, 5) is 14.4. The average molecular weight is 363 g/mol. The standard InChI is InChI=1S/C14H22N4.C7H16O/c1-5-10(4)11-8-15-13-12(11)14(17-9-16-13)18(6-2)7-3;1-3-4-5-7(2)6-8/h8-10H,5-7H2,1-4H3,(H,15,16,17);7-8H,3-6H2,1-2H3. The maximum Gasteiger partial charge on any atom is 0.143 e. The molecular formula is C21H38N4O. The van der Waals surface area contributed by atoms with Gasteiger partial charge in [-0.3, -0.25) is 0 Å². The van der Waals surface area contributed by atoms with Crippen LogP contribution in [-0.4, -0.2) is 39.8 Å². The van der Waals surface area contributed by atoms with Crippen LogP contribution in [0.5, 0.6) is 0 Å². The zero-order valence-electron chi connectivity index (χ0n) is 17.5. The molecular weight excluding hydrogens is 324 g/mol. The number of aromatic amines is 1. The Hall–Kier alpha value is -1.62. The number of aromatic nitrogens is 3. The van der Waals surface area contributed by atoms with E-state index in [0.29, 0.717) is 18.4 Å². The molecule has 5 heteroatoms. The Kier molecular flexibility index (Phi) is 10.3. The van der Waals surface area contributed by atoms with Crippen LogP contribution in [0.3, 0.4) is 0 Å². The molecule has 148 valence electrons. The first-order valence-electron chi connectivity index (χ1n) is 10.2. The van der Waals surface area contributed by atoms with Crippen molar-refractivity contribution in [2.24, 2.45) is 5.92 Å². The Bertz CT molecular complexity index is 621. The minimum absolute atomic E-state index is 0.347. The van der Waals surface area contributed by atoms with Crippen molar-refractivity contribution in [3.05, 3.63) is 18.1 Å². The zero-order valence-corrected chi connectivity index (χ0v) is 17.5. The molecule has 2 heterocycles. The summed E-state index contributed by atoms with van der Waals surface area (Å²) in [5.41, 5.74) is 2.28. The number of fused-ring (bicyclic) bond motifs is 1. The molecule has 0 saturated heterocycles. The van der Waals surface area contributed by atoms with Gasteiger partial charge in [0, 0.05) is 25.9 Å². The van der Waals surface area contributed by atoms with Gasteiger partial charge in [0.25, 0.3) is 0 Å². The SMILES string of the molecule is CCC(C)c1c[nH]c2ncnc(N(CC)CC)c12.CCCCC(C)CO. The van der Waals surface area contributed by atoms with E-state index < -0.39 is 0 Å². The first kappa shape index (κ1) is 22.4. The van der Waals surface area contributed by atoms with E-state index in [1.165, 1.54) is 30.2 Å². The summed E-state index contributed by atoms with van der Waals surface area (Å²) in [6, 6.07) is 0. The summed E-state index contributed by atoms with van der Waals surface area (Å²) in [6.07, 6.45) is 8.52. The minimum Gasteiger partial charge on any atom is -0.396 e. The van der Waals surface area contributed by atoms with Crippen molar-refractivity contribution in [1.29, 1.82) is 0 Å². The summed E-state index contributed by atoms with van der Waals surface area (Å²) in [5, 5.41) is 9.75. The molecule has 0 bridgehead atoms. The van der Waals surface area contributed by atoms with Crippen LogP contribution in [-0.2, 0) is 0 Å². The molecule has 0 aliphatic heterocycles. The van der Waals surface area contributed by atoms with E-state index in [-0.39, 0.29) is 0 Å². The van der Waals surface area contributed by atoms with E-state index in [1.807, 2.05) is 0 Å². The summed E-state index contributed by atoms with van der Waals surface area (Å²) >= 11 is 0. The van der Waals surface area contributed by atoms with Gasteiger partial charge in [-0.05, 0) is 44.1 Å². The number of hydrogen-bond acceptors (Lipinski definition) is 4. The Morgan fingerprint density at radius 1 is 1.12 bits per heavy atom. The number of nitrogens with zero attached hydrogens (tertiary/aromatic N) is 3. The molecule has 2 N–H and O–H groups in total. The Morgan fingerprint density at radius 2 is 1.81 bits per heavy atom. The average Bonchev–Trinajstić information content (AvgIpc) is 3.11. The van der Waals surface area contributed by atoms with E-state index >= 15 is 0 Å². The molecule has 0 saturated carbocycles. The molecule has 0 amide bonds.